The zero-order chi connectivity index (χ0) is 40.9. The second-order valence-corrected chi connectivity index (χ2v) is 20.0. The molecule has 0 radical (unpaired) electrons. The maximum absolute atomic E-state index is 12.3. The minimum atomic E-state index is -1.74. The van der Waals surface area contributed by atoms with Crippen molar-refractivity contribution < 1.29 is 69.7 Å². The van der Waals surface area contributed by atoms with E-state index < -0.39 is 86.7 Å². The summed E-state index contributed by atoms with van der Waals surface area (Å²) in [5.74, 6) is 0.619. The molecule has 0 aromatic heterocycles. The molecule has 0 aromatic rings. The Kier molecular flexibility index (Phi) is 11.5. The molecule has 56 heavy (non-hydrogen) atoms. The molecule has 0 bridgehead atoms. The van der Waals surface area contributed by atoms with Gasteiger partial charge in [-0.25, -0.2) is 4.79 Å². The largest absolute Gasteiger partial charge is 0.478 e. The van der Waals surface area contributed by atoms with Gasteiger partial charge >= 0.3 is 5.97 Å². The van der Waals surface area contributed by atoms with Crippen molar-refractivity contribution in [1.82, 2.24) is 0 Å². The van der Waals surface area contributed by atoms with Crippen molar-refractivity contribution >= 4 is 5.97 Å². The molecule has 2 saturated heterocycles. The molecule has 0 amide bonds. The Morgan fingerprint density at radius 3 is 2.07 bits per heavy atom. The van der Waals surface area contributed by atoms with Gasteiger partial charge in [-0.3, -0.25) is 0 Å². The maximum atomic E-state index is 12.3. The first kappa shape index (κ1) is 42.8. The van der Waals surface area contributed by atoms with E-state index in [1.54, 1.807) is 6.92 Å². The summed E-state index contributed by atoms with van der Waals surface area (Å²) >= 11 is 0. The van der Waals surface area contributed by atoms with Crippen LogP contribution >= 0.6 is 0 Å². The first-order chi connectivity index (χ1) is 26.2. The van der Waals surface area contributed by atoms with E-state index in [1.807, 2.05) is 6.08 Å². The lowest BCUT2D eigenvalue weighted by atomic mass is 9.41. The van der Waals surface area contributed by atoms with Crippen molar-refractivity contribution in [2.75, 3.05) is 13.2 Å². The number of carboxylic acids is 1. The smallest absolute Gasteiger partial charge is 0.330 e. The Labute approximate surface area is 330 Å². The molecule has 2 heterocycles. The van der Waals surface area contributed by atoms with Gasteiger partial charge in [-0.2, -0.15) is 0 Å². The monoisotopic (exact) mass is 796 g/mol. The van der Waals surface area contributed by atoms with E-state index in [4.69, 9.17) is 18.9 Å². The Morgan fingerprint density at radius 2 is 1.41 bits per heavy atom. The first-order valence-corrected chi connectivity index (χ1v) is 21.1. The minimum Gasteiger partial charge on any atom is -0.478 e. The number of aliphatic hydroxyl groups excluding tert-OH is 8. The molecule has 7 fully saturated rings. The molecule has 0 aromatic carbocycles. The van der Waals surface area contributed by atoms with Crippen LogP contribution in [0.5, 0.6) is 0 Å². The van der Waals surface area contributed by atoms with Crippen LogP contribution < -0.4 is 0 Å². The first-order valence-electron chi connectivity index (χ1n) is 21.1. The maximum Gasteiger partial charge on any atom is 0.330 e. The highest BCUT2D eigenvalue weighted by Gasteiger charge is 2.83. The number of hydrogen-bond donors (Lipinski definition) is 9. The molecule has 7 aliphatic rings. The highest BCUT2D eigenvalue weighted by molar-refractivity contribution is 5.85. The van der Waals surface area contributed by atoms with Crippen molar-refractivity contribution in [2.24, 2.45) is 50.7 Å². The number of aliphatic carboxylic acids is 1. The summed E-state index contributed by atoms with van der Waals surface area (Å²) in [7, 11) is 0. The number of fused-ring (bicyclic) bond motifs is 2. The minimum absolute atomic E-state index is 0.0217. The summed E-state index contributed by atoms with van der Waals surface area (Å²) in [4.78, 5) is 11.4. The third-order valence-corrected chi connectivity index (χ3v) is 17.5. The molecule has 5 aliphatic carbocycles. The van der Waals surface area contributed by atoms with Crippen LogP contribution in [0, 0.1) is 50.7 Å². The second-order valence-electron chi connectivity index (χ2n) is 20.0. The Bertz CT molecular complexity index is 1490. The number of aliphatic hydroxyl groups is 8. The van der Waals surface area contributed by atoms with Gasteiger partial charge in [0.2, 0.25) is 0 Å². The van der Waals surface area contributed by atoms with Crippen LogP contribution in [0.3, 0.4) is 0 Å². The molecule has 7 rings (SSSR count). The molecule has 14 nitrogen and oxygen atoms in total. The van der Waals surface area contributed by atoms with E-state index in [2.05, 4.69) is 34.6 Å². The van der Waals surface area contributed by atoms with E-state index in [9.17, 15) is 50.8 Å². The molecule has 2 aliphatic heterocycles. The molecular weight excluding hydrogens is 728 g/mol. The fourth-order valence-corrected chi connectivity index (χ4v) is 14.3. The molecule has 5 saturated carbocycles. The van der Waals surface area contributed by atoms with E-state index in [1.165, 1.54) is 0 Å². The standard InChI is InChI=1S/C42H68O14/c1-20(8-7-9-21(2)35(51)52)22-12-14-39(5)26-11-10-25-38(3,4)28(13-15-41(25)19-42(26,41)16-27(45)40(22,39)6)55-36-33(50)31(48)34(24(18-44)54-36)56-37-32(49)30(47)29(46)23(17-43)53-37/h9,20,22-34,36-37,43-50H,7-8,10-19H2,1-6H3,(H,51,52). The molecule has 320 valence electrons. The third-order valence-electron chi connectivity index (χ3n) is 17.5. The third kappa shape index (κ3) is 6.21. The summed E-state index contributed by atoms with van der Waals surface area (Å²) in [6.45, 7) is 11.9. The van der Waals surface area contributed by atoms with Crippen molar-refractivity contribution in [3.8, 4) is 0 Å². The number of ether oxygens (including phenoxy) is 4. The van der Waals surface area contributed by atoms with Gasteiger partial charge in [0.25, 0.3) is 0 Å². The fourth-order valence-electron chi connectivity index (χ4n) is 14.3. The normalized spacial score (nSPS) is 53.0. The van der Waals surface area contributed by atoms with Crippen molar-refractivity contribution in [2.45, 2.75) is 179 Å². The van der Waals surface area contributed by atoms with Gasteiger partial charge in [0, 0.05) is 11.0 Å². The highest BCUT2D eigenvalue weighted by atomic mass is 16.7. The molecule has 20 atom stereocenters. The van der Waals surface area contributed by atoms with Crippen LogP contribution in [0.25, 0.3) is 0 Å². The topological polar surface area (TPSA) is 236 Å². The average Bonchev–Trinajstić information content (AvgIpc) is 3.72. The Hall–Kier alpha value is -1.27. The van der Waals surface area contributed by atoms with Crippen LogP contribution in [0.4, 0.5) is 0 Å². The van der Waals surface area contributed by atoms with Gasteiger partial charge < -0.3 is 64.9 Å². The van der Waals surface area contributed by atoms with E-state index in [0.29, 0.717) is 42.1 Å². The van der Waals surface area contributed by atoms with Crippen LogP contribution in [0.1, 0.15) is 106 Å². The van der Waals surface area contributed by atoms with Crippen molar-refractivity contribution in [3.63, 3.8) is 0 Å². The van der Waals surface area contributed by atoms with Gasteiger partial charge in [-0.15, -0.1) is 0 Å². The van der Waals surface area contributed by atoms with Gasteiger partial charge in [0.15, 0.2) is 12.6 Å². The van der Waals surface area contributed by atoms with Crippen molar-refractivity contribution in [1.29, 1.82) is 0 Å². The molecule has 9 N–H and O–H groups in total. The van der Waals surface area contributed by atoms with Crippen LogP contribution in [-0.2, 0) is 23.7 Å². The summed E-state index contributed by atoms with van der Waals surface area (Å²) in [5, 5.41) is 95.0. The fraction of sp³-hybridized carbons (Fsp3) is 0.929. The van der Waals surface area contributed by atoms with Crippen LogP contribution in [0.2, 0.25) is 0 Å². The van der Waals surface area contributed by atoms with Gasteiger partial charge in [-0.05, 0) is 116 Å². The van der Waals surface area contributed by atoms with E-state index >= 15 is 0 Å². The predicted octanol–water partition coefficient (Wildman–Crippen LogP) is 1.85. The van der Waals surface area contributed by atoms with Gasteiger partial charge in [-0.1, -0.05) is 40.7 Å². The van der Waals surface area contributed by atoms with Gasteiger partial charge in [0.1, 0.15) is 48.8 Å². The number of allylic oxidation sites excluding steroid dienone is 1. The van der Waals surface area contributed by atoms with E-state index in [0.717, 1.165) is 51.4 Å². The molecule has 14 heteroatoms. The Morgan fingerprint density at radius 1 is 0.786 bits per heavy atom. The quantitative estimate of drug-likeness (QED) is 0.107. The molecular formula is C42H68O14. The molecule has 20 unspecified atom stereocenters. The number of carbonyl (C=O) groups is 1. The van der Waals surface area contributed by atoms with E-state index in [-0.39, 0.29) is 33.2 Å². The van der Waals surface area contributed by atoms with Crippen LogP contribution in [-0.4, -0.2) is 139 Å². The number of carboxylic acid groups (broad SMARTS) is 1. The summed E-state index contributed by atoms with van der Waals surface area (Å²) in [6, 6.07) is 0. The second kappa shape index (κ2) is 15.0. The lowest BCUT2D eigenvalue weighted by molar-refractivity contribution is -0.367. The summed E-state index contributed by atoms with van der Waals surface area (Å²) in [5.41, 5.74) is -0.119. The highest BCUT2D eigenvalue weighted by Crippen LogP contribution is 2.89. The average molecular weight is 797 g/mol. The Balaban J connectivity index is 1.03. The number of rotatable bonds is 11. The lowest BCUT2D eigenvalue weighted by Crippen LogP contribution is -2.65. The summed E-state index contributed by atoms with van der Waals surface area (Å²) in [6.07, 6.45) is -4.68. The number of hydrogen-bond acceptors (Lipinski definition) is 13. The lowest BCUT2D eigenvalue weighted by Gasteiger charge is -2.65. The zero-order valence-electron chi connectivity index (χ0n) is 33.9. The van der Waals surface area contributed by atoms with Crippen molar-refractivity contribution in [3.05, 3.63) is 11.6 Å². The predicted molar refractivity (Wildman–Crippen MR) is 199 cm³/mol. The van der Waals surface area contributed by atoms with Crippen LogP contribution in [0.15, 0.2) is 11.6 Å². The zero-order valence-corrected chi connectivity index (χ0v) is 33.9. The summed E-state index contributed by atoms with van der Waals surface area (Å²) < 4.78 is 23.8. The molecule has 2 spiro atoms. The SMILES string of the molecule is CC(=CCCC(C)C1CCC2(C)C3CCC4C(C)(C)C(OC5OC(CO)C(OC6OC(CO)C(O)C(O)C6O)C(O)C5O)CCC45CC35CC(O)C12C)C(=O)O. The van der Waals surface area contributed by atoms with Gasteiger partial charge in [0.05, 0.1) is 25.4 Å².